The Morgan fingerprint density at radius 1 is 1.00 bits per heavy atom. The Bertz CT molecular complexity index is 1690. The van der Waals surface area contributed by atoms with Crippen LogP contribution < -0.4 is 19.3 Å². The van der Waals surface area contributed by atoms with Crippen LogP contribution in [0.25, 0.3) is 16.6 Å². The Morgan fingerprint density at radius 2 is 1.75 bits per heavy atom. The molecule has 0 N–H and O–H groups in total. The molecule has 2 aromatic heterocycles. The Balaban J connectivity index is 0.00000181. The third-order valence-electron chi connectivity index (χ3n) is 5.90. The van der Waals surface area contributed by atoms with Crippen LogP contribution in [0.3, 0.4) is 0 Å². The number of anilines is 1. The van der Waals surface area contributed by atoms with E-state index in [-0.39, 0.29) is 22.3 Å². The highest BCUT2D eigenvalue weighted by molar-refractivity contribution is 9.10. The first-order valence-corrected chi connectivity index (χ1v) is 14.2. The largest absolute Gasteiger partial charge is 0.497 e. The van der Waals surface area contributed by atoms with E-state index in [1.807, 2.05) is 38.1 Å². The van der Waals surface area contributed by atoms with Gasteiger partial charge in [0, 0.05) is 23.6 Å². The number of hydrogen-bond donors (Lipinski definition) is 0. The van der Waals surface area contributed by atoms with E-state index >= 15 is 0 Å². The van der Waals surface area contributed by atoms with Crippen molar-refractivity contribution in [1.82, 2.24) is 9.72 Å². The van der Waals surface area contributed by atoms with Gasteiger partial charge >= 0.3 is 0 Å². The van der Waals surface area contributed by atoms with Crippen LogP contribution in [0.2, 0.25) is 0 Å². The van der Waals surface area contributed by atoms with Gasteiger partial charge in [-0.15, -0.1) is 0 Å². The van der Waals surface area contributed by atoms with Crippen LogP contribution in [0, 0.1) is 5.82 Å². The molecule has 208 valence electrons. The van der Waals surface area contributed by atoms with E-state index in [0.717, 1.165) is 5.56 Å². The van der Waals surface area contributed by atoms with E-state index in [9.17, 15) is 13.4 Å². The lowest BCUT2D eigenvalue weighted by atomic mass is 10.2. The van der Waals surface area contributed by atoms with Crippen molar-refractivity contribution in [3.8, 4) is 17.2 Å². The Labute approximate surface area is 241 Å². The van der Waals surface area contributed by atoms with Crippen LogP contribution in [-0.2, 0) is 17.5 Å². The molecule has 11 heteroatoms. The maximum absolute atomic E-state index is 14.4. The second-order valence-electron chi connectivity index (χ2n) is 8.16. The normalized spacial score (nSPS) is 11.4. The predicted octanol–water partition coefficient (Wildman–Crippen LogP) is 6.65. The number of hydrogen-bond acceptors (Lipinski definition) is 6. The lowest BCUT2D eigenvalue weighted by Gasteiger charge is -2.21. The van der Waals surface area contributed by atoms with Crippen molar-refractivity contribution in [2.75, 3.05) is 18.5 Å². The summed E-state index contributed by atoms with van der Waals surface area (Å²) >= 11 is 3.15. The Morgan fingerprint density at radius 3 is 2.40 bits per heavy atom. The smallest absolute Gasteiger partial charge is 0.255 e. The average molecular weight is 629 g/mol. The summed E-state index contributed by atoms with van der Waals surface area (Å²) in [7, 11) is 1.36. The molecule has 1 atom stereocenters. The number of rotatable bonds is 8. The third kappa shape index (κ3) is 5.95. The van der Waals surface area contributed by atoms with Crippen molar-refractivity contribution in [2.24, 2.45) is 0 Å². The SMILES string of the molecule is CC.COc1ccc(CN(c2ccon2)S(=O)c2ccc3c(ccc(=O)n3-c3cc(F)c(Br)cc3OC)c2)cc1. The van der Waals surface area contributed by atoms with Gasteiger partial charge in [0.2, 0.25) is 0 Å². The van der Waals surface area contributed by atoms with Crippen molar-refractivity contribution in [2.45, 2.75) is 25.3 Å². The zero-order valence-electron chi connectivity index (χ0n) is 22.3. The topological polar surface area (TPSA) is 86.8 Å². The maximum Gasteiger partial charge on any atom is 0.255 e. The summed E-state index contributed by atoms with van der Waals surface area (Å²) in [5.74, 6) is 0.895. The molecule has 1 unspecified atom stereocenters. The van der Waals surface area contributed by atoms with Crippen molar-refractivity contribution in [3.63, 3.8) is 0 Å². The minimum absolute atomic E-state index is 0.217. The molecule has 0 saturated heterocycles. The van der Waals surface area contributed by atoms with Gasteiger partial charge in [-0.05, 0) is 64.0 Å². The van der Waals surface area contributed by atoms with Crippen LogP contribution in [0.1, 0.15) is 19.4 Å². The number of benzene rings is 3. The van der Waals surface area contributed by atoms with E-state index in [1.54, 1.807) is 41.7 Å². The minimum atomic E-state index is -1.68. The summed E-state index contributed by atoms with van der Waals surface area (Å²) in [4.78, 5) is 13.4. The van der Waals surface area contributed by atoms with Crippen LogP contribution in [0.4, 0.5) is 10.2 Å². The fraction of sp³-hybridized carbons (Fsp3) is 0.172. The van der Waals surface area contributed by atoms with Crippen molar-refractivity contribution < 1.29 is 22.6 Å². The van der Waals surface area contributed by atoms with Gasteiger partial charge in [-0.3, -0.25) is 13.7 Å². The first kappa shape index (κ1) is 29.0. The highest BCUT2D eigenvalue weighted by Crippen LogP contribution is 2.31. The van der Waals surface area contributed by atoms with Crippen molar-refractivity contribution in [3.05, 3.63) is 105 Å². The molecular weight excluding hydrogens is 601 g/mol. The van der Waals surface area contributed by atoms with Gasteiger partial charge in [-0.2, -0.15) is 0 Å². The van der Waals surface area contributed by atoms with Crippen LogP contribution in [-0.4, -0.2) is 28.2 Å². The summed E-state index contributed by atoms with van der Waals surface area (Å²) in [5.41, 5.74) is 1.28. The van der Waals surface area contributed by atoms with Gasteiger partial charge < -0.3 is 14.0 Å². The highest BCUT2D eigenvalue weighted by Gasteiger charge is 2.21. The average Bonchev–Trinajstić information content (AvgIpc) is 3.53. The Kier molecular flexibility index (Phi) is 9.38. The molecule has 0 bridgehead atoms. The van der Waals surface area contributed by atoms with E-state index < -0.39 is 16.8 Å². The fourth-order valence-electron chi connectivity index (χ4n) is 4.02. The lowest BCUT2D eigenvalue weighted by molar-refractivity contribution is 0.411. The fourth-order valence-corrected chi connectivity index (χ4v) is 5.54. The maximum atomic E-state index is 14.4. The first-order valence-electron chi connectivity index (χ1n) is 12.3. The molecule has 0 fully saturated rings. The van der Waals surface area contributed by atoms with Crippen LogP contribution in [0.15, 0.2) is 97.7 Å². The molecule has 0 amide bonds. The summed E-state index contributed by atoms with van der Waals surface area (Å²) < 4.78 is 47.1. The molecule has 40 heavy (non-hydrogen) atoms. The van der Waals surface area contributed by atoms with E-state index in [1.165, 1.54) is 36.1 Å². The van der Waals surface area contributed by atoms with Crippen molar-refractivity contribution in [1.29, 1.82) is 0 Å². The first-order chi connectivity index (χ1) is 19.4. The zero-order chi connectivity index (χ0) is 28.8. The Hall–Kier alpha value is -3.96. The predicted molar refractivity (Wildman–Crippen MR) is 157 cm³/mol. The minimum Gasteiger partial charge on any atom is -0.497 e. The summed E-state index contributed by atoms with van der Waals surface area (Å²) in [6.07, 6.45) is 1.41. The number of nitrogens with zero attached hydrogens (tertiary/aromatic N) is 3. The molecule has 5 rings (SSSR count). The zero-order valence-corrected chi connectivity index (χ0v) is 24.7. The summed E-state index contributed by atoms with van der Waals surface area (Å²) in [5, 5.41) is 4.62. The molecule has 5 aromatic rings. The molecule has 0 aliphatic carbocycles. The van der Waals surface area contributed by atoms with Gasteiger partial charge in [-0.25, -0.2) is 8.60 Å². The number of pyridine rings is 1. The molecule has 0 saturated carbocycles. The lowest BCUT2D eigenvalue weighted by Crippen LogP contribution is -2.26. The van der Waals surface area contributed by atoms with E-state index in [2.05, 4.69) is 21.1 Å². The van der Waals surface area contributed by atoms with Gasteiger partial charge in [-0.1, -0.05) is 31.1 Å². The van der Waals surface area contributed by atoms with Crippen molar-refractivity contribution >= 4 is 43.6 Å². The van der Waals surface area contributed by atoms with Gasteiger partial charge in [0.1, 0.15) is 23.6 Å². The van der Waals surface area contributed by atoms with Crippen LogP contribution in [0.5, 0.6) is 11.5 Å². The van der Waals surface area contributed by atoms with Crippen LogP contribution >= 0.6 is 15.9 Å². The van der Waals surface area contributed by atoms with E-state index in [0.29, 0.717) is 33.1 Å². The highest BCUT2D eigenvalue weighted by atomic mass is 79.9. The molecular formula is C29H27BrFN3O5S. The van der Waals surface area contributed by atoms with E-state index in [4.69, 9.17) is 14.0 Å². The standard InChI is InChI=1S/C27H21BrFN3O5S.C2H6/c1-35-19-6-3-17(4-7-19)16-31(26-11-12-37-30-26)38(34)20-8-9-23-18(13-20)5-10-27(33)32(23)24-15-22(29)21(28)14-25(24)36-2;1-2/h3-15H,16H2,1-2H3;1-2H3. The molecule has 2 heterocycles. The number of halogens is 2. The molecule has 8 nitrogen and oxygen atoms in total. The van der Waals surface area contributed by atoms with Gasteiger partial charge in [0.15, 0.2) is 16.8 Å². The monoisotopic (exact) mass is 627 g/mol. The second-order valence-corrected chi connectivity index (χ2v) is 10.4. The molecule has 0 aliphatic heterocycles. The number of methoxy groups -OCH3 is 2. The van der Waals surface area contributed by atoms with Gasteiger partial charge in [0.05, 0.1) is 41.3 Å². The number of ether oxygens (including phenoxy) is 2. The molecule has 0 spiro atoms. The third-order valence-corrected chi connectivity index (χ3v) is 7.88. The number of fused-ring (bicyclic) bond motifs is 1. The molecule has 3 aromatic carbocycles. The summed E-state index contributed by atoms with van der Waals surface area (Å²) in [6, 6.07) is 19.8. The summed E-state index contributed by atoms with van der Waals surface area (Å²) in [6.45, 7) is 4.29. The molecule has 0 aliphatic rings. The second kappa shape index (κ2) is 12.9. The molecule has 0 radical (unpaired) electrons. The van der Waals surface area contributed by atoms with Gasteiger partial charge in [0.25, 0.3) is 5.56 Å². The number of aromatic nitrogens is 2. The quantitative estimate of drug-likeness (QED) is 0.191.